The minimum absolute atomic E-state index is 0.0761. The zero-order valence-electron chi connectivity index (χ0n) is 12.5. The molecule has 2 aliphatic rings. The molecule has 0 aromatic heterocycles. The molecule has 0 spiro atoms. The third-order valence-electron chi connectivity index (χ3n) is 5.30. The molecule has 2 fully saturated rings. The molecule has 0 aliphatic heterocycles. The monoisotopic (exact) mass is 291 g/mol. The van der Waals surface area contributed by atoms with Gasteiger partial charge in [0, 0.05) is 6.04 Å². The average molecular weight is 291 g/mol. The van der Waals surface area contributed by atoms with Gasteiger partial charge in [-0.05, 0) is 44.1 Å². The SMILES string of the molecule is CCNC(C1CCCCC1)C1CCCCC1C(F)(F)F. The summed E-state index contributed by atoms with van der Waals surface area (Å²) in [5, 5.41) is 3.42. The van der Waals surface area contributed by atoms with E-state index in [0.29, 0.717) is 12.3 Å². The van der Waals surface area contributed by atoms with Crippen LogP contribution in [0.3, 0.4) is 0 Å². The summed E-state index contributed by atoms with van der Waals surface area (Å²) in [6.07, 6.45) is 4.62. The van der Waals surface area contributed by atoms with Crippen LogP contribution in [0.25, 0.3) is 0 Å². The van der Waals surface area contributed by atoms with Crippen LogP contribution in [0.5, 0.6) is 0 Å². The van der Waals surface area contributed by atoms with Crippen LogP contribution in [0.1, 0.15) is 64.7 Å². The number of rotatable bonds is 4. The fourth-order valence-corrected chi connectivity index (χ4v) is 4.39. The van der Waals surface area contributed by atoms with Gasteiger partial charge in [0.2, 0.25) is 0 Å². The van der Waals surface area contributed by atoms with E-state index in [2.05, 4.69) is 5.32 Å². The van der Waals surface area contributed by atoms with E-state index in [0.717, 1.165) is 38.6 Å². The van der Waals surface area contributed by atoms with Crippen LogP contribution < -0.4 is 5.32 Å². The van der Waals surface area contributed by atoms with Gasteiger partial charge in [-0.3, -0.25) is 0 Å². The van der Waals surface area contributed by atoms with Gasteiger partial charge in [-0.25, -0.2) is 0 Å². The first-order chi connectivity index (χ1) is 9.54. The Morgan fingerprint density at radius 1 is 0.950 bits per heavy atom. The minimum Gasteiger partial charge on any atom is -0.314 e. The molecule has 20 heavy (non-hydrogen) atoms. The summed E-state index contributed by atoms with van der Waals surface area (Å²) in [4.78, 5) is 0. The van der Waals surface area contributed by atoms with Crippen molar-refractivity contribution in [2.75, 3.05) is 6.54 Å². The van der Waals surface area contributed by atoms with Gasteiger partial charge in [0.25, 0.3) is 0 Å². The standard InChI is InChI=1S/C16H28F3N/c1-2-20-15(12-8-4-3-5-9-12)13-10-6-7-11-14(13)16(17,18)19/h12-15,20H,2-11H2,1H3. The van der Waals surface area contributed by atoms with E-state index in [1.54, 1.807) is 0 Å². The Morgan fingerprint density at radius 2 is 1.55 bits per heavy atom. The molecule has 0 aromatic carbocycles. The zero-order chi connectivity index (χ0) is 14.6. The molecule has 2 rings (SSSR count). The molecular formula is C16H28F3N. The number of nitrogens with one attached hydrogen (secondary N) is 1. The average Bonchev–Trinajstić information content (AvgIpc) is 2.45. The van der Waals surface area contributed by atoms with E-state index in [1.165, 1.54) is 19.3 Å². The first-order valence-corrected chi connectivity index (χ1v) is 8.34. The zero-order valence-corrected chi connectivity index (χ0v) is 12.5. The summed E-state index contributed by atoms with van der Waals surface area (Å²) >= 11 is 0. The van der Waals surface area contributed by atoms with E-state index in [-0.39, 0.29) is 12.0 Å². The van der Waals surface area contributed by atoms with E-state index >= 15 is 0 Å². The topological polar surface area (TPSA) is 12.0 Å². The van der Waals surface area contributed by atoms with Crippen LogP contribution in [0, 0.1) is 17.8 Å². The summed E-state index contributed by atoms with van der Waals surface area (Å²) < 4.78 is 40.0. The first kappa shape index (κ1) is 16.1. The number of alkyl halides is 3. The number of hydrogen-bond acceptors (Lipinski definition) is 1. The molecular weight excluding hydrogens is 263 g/mol. The van der Waals surface area contributed by atoms with Crippen molar-refractivity contribution in [1.29, 1.82) is 0 Å². The second-order valence-corrected chi connectivity index (χ2v) is 6.58. The lowest BCUT2D eigenvalue weighted by atomic mass is 9.68. The highest BCUT2D eigenvalue weighted by molar-refractivity contribution is 4.92. The molecule has 0 aromatic rings. The molecule has 0 amide bonds. The quantitative estimate of drug-likeness (QED) is 0.775. The number of halogens is 3. The van der Waals surface area contributed by atoms with Gasteiger partial charge >= 0.3 is 6.18 Å². The lowest BCUT2D eigenvalue weighted by molar-refractivity contribution is -0.201. The molecule has 2 saturated carbocycles. The maximum Gasteiger partial charge on any atom is 0.392 e. The Labute approximate surface area is 120 Å². The maximum atomic E-state index is 13.3. The third kappa shape index (κ3) is 3.90. The maximum absolute atomic E-state index is 13.3. The van der Waals surface area contributed by atoms with Gasteiger partial charge in [-0.2, -0.15) is 13.2 Å². The first-order valence-electron chi connectivity index (χ1n) is 8.34. The summed E-state index contributed by atoms with van der Waals surface area (Å²) in [7, 11) is 0. The predicted octanol–water partition coefficient (Wildman–Crippen LogP) is 4.91. The second-order valence-electron chi connectivity index (χ2n) is 6.58. The largest absolute Gasteiger partial charge is 0.392 e. The molecule has 3 unspecified atom stereocenters. The van der Waals surface area contributed by atoms with E-state index in [4.69, 9.17) is 0 Å². The van der Waals surface area contributed by atoms with Gasteiger partial charge in [0.1, 0.15) is 0 Å². The highest BCUT2D eigenvalue weighted by Gasteiger charge is 2.48. The van der Waals surface area contributed by atoms with Crippen molar-refractivity contribution in [3.63, 3.8) is 0 Å². The fraction of sp³-hybridized carbons (Fsp3) is 1.00. The Balaban J connectivity index is 2.12. The summed E-state index contributed by atoms with van der Waals surface area (Å²) in [5.41, 5.74) is 0. The van der Waals surface area contributed by atoms with Gasteiger partial charge in [-0.1, -0.05) is 39.0 Å². The number of hydrogen-bond donors (Lipinski definition) is 1. The molecule has 3 atom stereocenters. The molecule has 2 aliphatic carbocycles. The van der Waals surface area contributed by atoms with Crippen molar-refractivity contribution < 1.29 is 13.2 Å². The highest BCUT2D eigenvalue weighted by Crippen LogP contribution is 2.45. The molecule has 1 nitrogen and oxygen atoms in total. The Bertz CT molecular complexity index is 284. The smallest absolute Gasteiger partial charge is 0.314 e. The van der Waals surface area contributed by atoms with Crippen LogP contribution in [0.2, 0.25) is 0 Å². The van der Waals surface area contributed by atoms with Crippen molar-refractivity contribution in [1.82, 2.24) is 5.32 Å². The van der Waals surface area contributed by atoms with Crippen LogP contribution in [0.15, 0.2) is 0 Å². The Morgan fingerprint density at radius 3 is 2.15 bits per heavy atom. The molecule has 0 bridgehead atoms. The van der Waals surface area contributed by atoms with E-state index < -0.39 is 12.1 Å². The van der Waals surface area contributed by atoms with Crippen molar-refractivity contribution in [3.8, 4) is 0 Å². The summed E-state index contributed by atoms with van der Waals surface area (Å²) in [5.74, 6) is -0.828. The lowest BCUT2D eigenvalue weighted by Gasteiger charge is -2.43. The van der Waals surface area contributed by atoms with Crippen LogP contribution in [-0.2, 0) is 0 Å². The second kappa shape index (κ2) is 7.15. The Hall–Kier alpha value is -0.250. The van der Waals surface area contributed by atoms with Gasteiger partial charge in [0.15, 0.2) is 0 Å². The van der Waals surface area contributed by atoms with Crippen molar-refractivity contribution in [2.45, 2.75) is 76.9 Å². The van der Waals surface area contributed by atoms with Crippen molar-refractivity contribution in [3.05, 3.63) is 0 Å². The molecule has 0 saturated heterocycles. The van der Waals surface area contributed by atoms with Gasteiger partial charge in [-0.15, -0.1) is 0 Å². The molecule has 118 valence electrons. The molecule has 0 heterocycles. The molecule has 0 radical (unpaired) electrons. The summed E-state index contributed by atoms with van der Waals surface area (Å²) in [6.45, 7) is 2.80. The van der Waals surface area contributed by atoms with Crippen LogP contribution in [-0.4, -0.2) is 18.8 Å². The predicted molar refractivity (Wildman–Crippen MR) is 75.5 cm³/mol. The van der Waals surface area contributed by atoms with Crippen LogP contribution >= 0.6 is 0 Å². The van der Waals surface area contributed by atoms with Gasteiger partial charge in [0.05, 0.1) is 5.92 Å². The molecule has 1 N–H and O–H groups in total. The fourth-order valence-electron chi connectivity index (χ4n) is 4.39. The van der Waals surface area contributed by atoms with Crippen molar-refractivity contribution in [2.24, 2.45) is 17.8 Å². The van der Waals surface area contributed by atoms with Crippen molar-refractivity contribution >= 4 is 0 Å². The molecule has 4 heteroatoms. The van der Waals surface area contributed by atoms with Gasteiger partial charge < -0.3 is 5.32 Å². The normalized spacial score (nSPS) is 31.2. The van der Waals surface area contributed by atoms with Crippen LogP contribution in [0.4, 0.5) is 13.2 Å². The highest BCUT2D eigenvalue weighted by atomic mass is 19.4. The minimum atomic E-state index is -4.02. The summed E-state index contributed by atoms with van der Waals surface area (Å²) in [6, 6.07) is 0.0761. The van der Waals surface area contributed by atoms with E-state index in [9.17, 15) is 13.2 Å². The Kier molecular flexibility index (Phi) is 5.76. The third-order valence-corrected chi connectivity index (χ3v) is 5.30. The lowest BCUT2D eigenvalue weighted by Crippen LogP contribution is -2.49. The van der Waals surface area contributed by atoms with E-state index in [1.807, 2.05) is 6.92 Å².